The number of rotatable bonds is 2. The molecule has 0 atom stereocenters. The molecule has 0 amide bonds. The van der Waals surface area contributed by atoms with Gasteiger partial charge in [0.1, 0.15) is 0 Å². The SMILES string of the molecule is Cc1ccc(C2(CN)CCCCC2)c(C)c1. The topological polar surface area (TPSA) is 26.0 Å². The summed E-state index contributed by atoms with van der Waals surface area (Å²) in [5.41, 5.74) is 10.6. The number of hydrogen-bond acceptors (Lipinski definition) is 1. The van der Waals surface area contributed by atoms with E-state index in [0.29, 0.717) is 0 Å². The van der Waals surface area contributed by atoms with Gasteiger partial charge in [0.15, 0.2) is 0 Å². The van der Waals surface area contributed by atoms with Gasteiger partial charge in [-0.3, -0.25) is 0 Å². The van der Waals surface area contributed by atoms with Crippen LogP contribution in [-0.4, -0.2) is 6.54 Å². The predicted molar refractivity (Wildman–Crippen MR) is 69.7 cm³/mol. The molecule has 0 unspecified atom stereocenters. The van der Waals surface area contributed by atoms with Gasteiger partial charge in [-0.05, 0) is 37.8 Å². The van der Waals surface area contributed by atoms with E-state index in [2.05, 4.69) is 32.0 Å². The van der Waals surface area contributed by atoms with E-state index < -0.39 is 0 Å². The molecular formula is C15H23N. The van der Waals surface area contributed by atoms with Gasteiger partial charge in [0.05, 0.1) is 0 Å². The lowest BCUT2D eigenvalue weighted by Crippen LogP contribution is -2.37. The zero-order chi connectivity index (χ0) is 11.6. The second-order valence-electron chi connectivity index (χ2n) is 5.36. The van der Waals surface area contributed by atoms with E-state index in [4.69, 9.17) is 5.73 Å². The molecule has 16 heavy (non-hydrogen) atoms. The van der Waals surface area contributed by atoms with Gasteiger partial charge in [-0.15, -0.1) is 0 Å². The maximum atomic E-state index is 6.08. The highest BCUT2D eigenvalue weighted by Crippen LogP contribution is 2.40. The smallest absolute Gasteiger partial charge is 0.00781 e. The van der Waals surface area contributed by atoms with Gasteiger partial charge in [-0.1, -0.05) is 43.0 Å². The van der Waals surface area contributed by atoms with Crippen LogP contribution in [0.1, 0.15) is 48.8 Å². The molecule has 0 spiro atoms. The van der Waals surface area contributed by atoms with E-state index in [1.165, 1.54) is 48.8 Å². The van der Waals surface area contributed by atoms with Crippen LogP contribution in [0.3, 0.4) is 0 Å². The van der Waals surface area contributed by atoms with Crippen LogP contribution in [0.2, 0.25) is 0 Å². The summed E-state index contributed by atoms with van der Waals surface area (Å²) < 4.78 is 0. The lowest BCUT2D eigenvalue weighted by molar-refractivity contribution is 0.299. The lowest BCUT2D eigenvalue weighted by atomic mass is 9.68. The Morgan fingerprint density at radius 1 is 1.12 bits per heavy atom. The minimum Gasteiger partial charge on any atom is -0.330 e. The molecule has 0 aliphatic heterocycles. The molecule has 1 aromatic rings. The van der Waals surface area contributed by atoms with Crippen molar-refractivity contribution in [2.75, 3.05) is 6.54 Å². The maximum Gasteiger partial charge on any atom is 0.00781 e. The van der Waals surface area contributed by atoms with Crippen molar-refractivity contribution in [3.63, 3.8) is 0 Å². The molecule has 0 radical (unpaired) electrons. The first kappa shape index (κ1) is 11.7. The molecule has 1 aliphatic carbocycles. The normalized spacial score (nSPS) is 19.7. The molecule has 2 rings (SSSR count). The summed E-state index contributed by atoms with van der Waals surface area (Å²) >= 11 is 0. The van der Waals surface area contributed by atoms with Crippen LogP contribution in [0.4, 0.5) is 0 Å². The van der Waals surface area contributed by atoms with Crippen LogP contribution in [0.15, 0.2) is 18.2 Å². The fourth-order valence-corrected chi connectivity index (χ4v) is 3.22. The second kappa shape index (κ2) is 4.58. The Labute approximate surface area is 99.0 Å². The average molecular weight is 217 g/mol. The van der Waals surface area contributed by atoms with E-state index in [-0.39, 0.29) is 5.41 Å². The van der Waals surface area contributed by atoms with Crippen LogP contribution in [0, 0.1) is 13.8 Å². The fourth-order valence-electron chi connectivity index (χ4n) is 3.22. The van der Waals surface area contributed by atoms with Gasteiger partial charge in [0.2, 0.25) is 0 Å². The highest BCUT2D eigenvalue weighted by atomic mass is 14.6. The first-order valence-electron chi connectivity index (χ1n) is 6.46. The molecule has 1 saturated carbocycles. The first-order valence-corrected chi connectivity index (χ1v) is 6.46. The first-order chi connectivity index (χ1) is 7.68. The average Bonchev–Trinajstić information content (AvgIpc) is 2.30. The van der Waals surface area contributed by atoms with Crippen LogP contribution in [0.25, 0.3) is 0 Å². The summed E-state index contributed by atoms with van der Waals surface area (Å²) in [5, 5.41) is 0. The van der Waals surface area contributed by atoms with Gasteiger partial charge in [-0.25, -0.2) is 0 Å². The van der Waals surface area contributed by atoms with Crippen molar-refractivity contribution in [1.29, 1.82) is 0 Å². The third kappa shape index (κ3) is 2.01. The van der Waals surface area contributed by atoms with E-state index in [9.17, 15) is 0 Å². The highest BCUT2D eigenvalue weighted by molar-refractivity contribution is 5.37. The maximum absolute atomic E-state index is 6.08. The zero-order valence-corrected chi connectivity index (χ0v) is 10.6. The molecule has 1 aliphatic rings. The largest absolute Gasteiger partial charge is 0.330 e. The lowest BCUT2D eigenvalue weighted by Gasteiger charge is -2.38. The van der Waals surface area contributed by atoms with Crippen molar-refractivity contribution in [2.45, 2.75) is 51.4 Å². The van der Waals surface area contributed by atoms with Gasteiger partial charge < -0.3 is 5.73 Å². The van der Waals surface area contributed by atoms with Crippen LogP contribution in [-0.2, 0) is 5.41 Å². The summed E-state index contributed by atoms with van der Waals surface area (Å²) in [4.78, 5) is 0. The van der Waals surface area contributed by atoms with E-state index in [1.807, 2.05) is 0 Å². The Balaban J connectivity index is 2.39. The number of hydrogen-bond donors (Lipinski definition) is 1. The van der Waals surface area contributed by atoms with E-state index >= 15 is 0 Å². The molecule has 1 heteroatoms. The molecule has 0 saturated heterocycles. The molecular weight excluding hydrogens is 194 g/mol. The van der Waals surface area contributed by atoms with Crippen LogP contribution < -0.4 is 5.73 Å². The van der Waals surface area contributed by atoms with Gasteiger partial charge in [0.25, 0.3) is 0 Å². The summed E-state index contributed by atoms with van der Waals surface area (Å²) in [5.74, 6) is 0. The molecule has 1 aromatic carbocycles. The van der Waals surface area contributed by atoms with Crippen molar-refractivity contribution in [1.82, 2.24) is 0 Å². The molecule has 2 N–H and O–H groups in total. The minimum absolute atomic E-state index is 0.274. The van der Waals surface area contributed by atoms with E-state index in [0.717, 1.165) is 6.54 Å². The van der Waals surface area contributed by atoms with Crippen molar-refractivity contribution >= 4 is 0 Å². The zero-order valence-electron chi connectivity index (χ0n) is 10.6. The molecule has 0 aromatic heterocycles. The van der Waals surface area contributed by atoms with Gasteiger partial charge in [-0.2, -0.15) is 0 Å². The third-order valence-corrected chi connectivity index (χ3v) is 4.15. The molecule has 88 valence electrons. The van der Waals surface area contributed by atoms with Crippen molar-refractivity contribution in [2.24, 2.45) is 5.73 Å². The van der Waals surface area contributed by atoms with Crippen LogP contribution in [0.5, 0.6) is 0 Å². The Bertz CT molecular complexity index is 362. The number of nitrogens with two attached hydrogens (primary N) is 1. The standard InChI is InChI=1S/C15H23N/c1-12-6-7-14(13(2)10-12)15(11-16)8-4-3-5-9-15/h6-7,10H,3-5,8-9,11,16H2,1-2H3. The Morgan fingerprint density at radius 2 is 1.81 bits per heavy atom. The van der Waals surface area contributed by atoms with Gasteiger partial charge >= 0.3 is 0 Å². The third-order valence-electron chi connectivity index (χ3n) is 4.15. The summed E-state index contributed by atoms with van der Waals surface area (Å²) in [6, 6.07) is 6.83. The Hall–Kier alpha value is -0.820. The Kier molecular flexibility index (Phi) is 3.34. The second-order valence-corrected chi connectivity index (χ2v) is 5.36. The monoisotopic (exact) mass is 217 g/mol. The summed E-state index contributed by atoms with van der Waals surface area (Å²) in [7, 11) is 0. The predicted octanol–water partition coefficient (Wildman–Crippen LogP) is 3.46. The molecule has 0 heterocycles. The summed E-state index contributed by atoms with van der Waals surface area (Å²) in [6.45, 7) is 5.19. The number of benzene rings is 1. The highest BCUT2D eigenvalue weighted by Gasteiger charge is 2.33. The molecule has 1 nitrogen and oxygen atoms in total. The van der Waals surface area contributed by atoms with Gasteiger partial charge in [0, 0.05) is 12.0 Å². The number of aryl methyl sites for hydroxylation is 2. The van der Waals surface area contributed by atoms with E-state index in [1.54, 1.807) is 0 Å². The fraction of sp³-hybridized carbons (Fsp3) is 0.600. The van der Waals surface area contributed by atoms with Crippen molar-refractivity contribution in [3.05, 3.63) is 34.9 Å². The van der Waals surface area contributed by atoms with Crippen molar-refractivity contribution in [3.8, 4) is 0 Å². The summed E-state index contributed by atoms with van der Waals surface area (Å²) in [6.07, 6.45) is 6.60. The van der Waals surface area contributed by atoms with Crippen molar-refractivity contribution < 1.29 is 0 Å². The quantitative estimate of drug-likeness (QED) is 0.806. The Morgan fingerprint density at radius 3 is 2.38 bits per heavy atom. The molecule has 0 bridgehead atoms. The van der Waals surface area contributed by atoms with Crippen LogP contribution >= 0.6 is 0 Å². The molecule has 1 fully saturated rings. The minimum atomic E-state index is 0.274.